The van der Waals surface area contributed by atoms with Gasteiger partial charge in [0.15, 0.2) is 0 Å². The predicted molar refractivity (Wildman–Crippen MR) is 92.9 cm³/mol. The standard InChI is InChI=1S/C19H21NS/c1-2-3-4-9-14-21-19-15-10-5-7-12-17(15)20-18-13-8-6-11-16(18)19/h5-8,10-13H,2-4,9,14H2,1H3/p+1. The molecule has 21 heavy (non-hydrogen) atoms. The molecule has 2 heteroatoms. The average Bonchev–Trinajstić information content (AvgIpc) is 2.53. The van der Waals surface area contributed by atoms with E-state index in [0.29, 0.717) is 0 Å². The van der Waals surface area contributed by atoms with E-state index in [2.05, 4.69) is 60.4 Å². The number of hydrogen-bond acceptors (Lipinski definition) is 1. The summed E-state index contributed by atoms with van der Waals surface area (Å²) in [6.07, 6.45) is 5.31. The molecule has 3 rings (SSSR count). The molecule has 1 N–H and O–H groups in total. The number of nitrogens with one attached hydrogen (secondary N) is 1. The molecule has 0 aliphatic rings. The summed E-state index contributed by atoms with van der Waals surface area (Å²) in [5.41, 5.74) is 2.46. The number of unbranched alkanes of at least 4 members (excludes halogenated alkanes) is 3. The molecule has 0 aliphatic carbocycles. The number of rotatable bonds is 6. The highest BCUT2D eigenvalue weighted by molar-refractivity contribution is 7.99. The van der Waals surface area contributed by atoms with Crippen molar-refractivity contribution in [1.29, 1.82) is 0 Å². The van der Waals surface area contributed by atoms with Crippen LogP contribution in [0.2, 0.25) is 0 Å². The molecule has 1 heterocycles. The van der Waals surface area contributed by atoms with Crippen LogP contribution >= 0.6 is 11.8 Å². The molecule has 0 atom stereocenters. The highest BCUT2D eigenvalue weighted by atomic mass is 32.2. The van der Waals surface area contributed by atoms with Crippen molar-refractivity contribution in [3.63, 3.8) is 0 Å². The summed E-state index contributed by atoms with van der Waals surface area (Å²) in [7, 11) is 0. The zero-order valence-corrected chi connectivity index (χ0v) is 13.4. The minimum absolute atomic E-state index is 1.21. The summed E-state index contributed by atoms with van der Waals surface area (Å²) in [6.45, 7) is 2.27. The molecule has 0 spiro atoms. The highest BCUT2D eigenvalue weighted by Crippen LogP contribution is 2.32. The monoisotopic (exact) mass is 296 g/mol. The van der Waals surface area contributed by atoms with E-state index in [0.717, 1.165) is 0 Å². The van der Waals surface area contributed by atoms with E-state index in [-0.39, 0.29) is 0 Å². The van der Waals surface area contributed by atoms with Gasteiger partial charge in [-0.3, -0.25) is 0 Å². The molecular weight excluding hydrogens is 274 g/mol. The van der Waals surface area contributed by atoms with Gasteiger partial charge in [-0.1, -0.05) is 50.5 Å². The first-order valence-corrected chi connectivity index (χ1v) is 8.84. The third kappa shape index (κ3) is 3.21. The zero-order chi connectivity index (χ0) is 14.5. The Morgan fingerprint density at radius 2 is 1.43 bits per heavy atom. The molecule has 1 aromatic heterocycles. The molecule has 2 aromatic carbocycles. The first-order valence-electron chi connectivity index (χ1n) is 7.85. The molecule has 0 aliphatic heterocycles. The molecule has 1 nitrogen and oxygen atoms in total. The van der Waals surface area contributed by atoms with Crippen molar-refractivity contribution in [3.05, 3.63) is 48.5 Å². The van der Waals surface area contributed by atoms with Gasteiger partial charge in [-0.25, -0.2) is 4.98 Å². The fraction of sp³-hybridized carbons (Fsp3) is 0.316. The van der Waals surface area contributed by atoms with Gasteiger partial charge < -0.3 is 0 Å². The second kappa shape index (κ2) is 6.95. The van der Waals surface area contributed by atoms with Gasteiger partial charge in [-0.2, -0.15) is 0 Å². The van der Waals surface area contributed by atoms with Crippen LogP contribution in [0.3, 0.4) is 0 Å². The Hall–Kier alpha value is -1.54. The Bertz CT molecular complexity index is 682. The van der Waals surface area contributed by atoms with Crippen molar-refractivity contribution in [3.8, 4) is 0 Å². The molecular formula is C19H22NS+. The number of benzene rings is 2. The zero-order valence-electron chi connectivity index (χ0n) is 12.6. The fourth-order valence-electron chi connectivity index (χ4n) is 2.73. The van der Waals surface area contributed by atoms with Crippen LogP contribution in [0.4, 0.5) is 0 Å². The molecule has 0 radical (unpaired) electrons. The Morgan fingerprint density at radius 3 is 2.05 bits per heavy atom. The number of H-pyrrole nitrogens is 1. The summed E-state index contributed by atoms with van der Waals surface area (Å²) >= 11 is 2.01. The lowest BCUT2D eigenvalue weighted by atomic mass is 10.1. The van der Waals surface area contributed by atoms with Crippen molar-refractivity contribution >= 4 is 33.6 Å². The van der Waals surface area contributed by atoms with Crippen LogP contribution in [0.15, 0.2) is 53.4 Å². The van der Waals surface area contributed by atoms with Gasteiger partial charge >= 0.3 is 0 Å². The SMILES string of the molecule is CCCCCCSc1c2ccccc2[nH+]c2ccccc12. The molecule has 108 valence electrons. The number of pyridine rings is 1. The third-order valence-corrected chi connectivity index (χ3v) is 5.08. The molecule has 3 aromatic rings. The predicted octanol–water partition coefficient (Wildman–Crippen LogP) is 5.48. The van der Waals surface area contributed by atoms with Crippen molar-refractivity contribution in [2.45, 2.75) is 37.5 Å². The highest BCUT2D eigenvalue weighted by Gasteiger charge is 2.13. The van der Waals surface area contributed by atoms with Crippen molar-refractivity contribution in [1.82, 2.24) is 0 Å². The largest absolute Gasteiger partial charge is 0.212 e. The molecule has 0 fully saturated rings. The quantitative estimate of drug-likeness (QED) is 0.334. The maximum absolute atomic E-state index is 3.55. The topological polar surface area (TPSA) is 14.1 Å². The van der Waals surface area contributed by atoms with Crippen LogP contribution in [-0.2, 0) is 0 Å². The molecule has 0 amide bonds. The number of aromatic nitrogens is 1. The summed E-state index contributed by atoms with van der Waals surface area (Å²) in [6, 6.07) is 17.3. The first-order chi connectivity index (χ1) is 10.4. The number of para-hydroxylation sites is 2. The van der Waals surface area contributed by atoms with Gasteiger partial charge in [0.05, 0.1) is 10.8 Å². The van der Waals surface area contributed by atoms with Gasteiger partial charge in [-0.05, 0) is 24.3 Å². The van der Waals surface area contributed by atoms with E-state index >= 15 is 0 Å². The Balaban J connectivity index is 1.96. The first kappa shape index (κ1) is 14.4. The molecule has 0 unspecified atom stereocenters. The second-order valence-electron chi connectivity index (χ2n) is 5.45. The van der Waals surface area contributed by atoms with Crippen molar-refractivity contribution in [2.75, 3.05) is 5.75 Å². The van der Waals surface area contributed by atoms with Gasteiger partial charge in [-0.15, -0.1) is 11.8 Å². The maximum Gasteiger partial charge on any atom is 0.212 e. The van der Waals surface area contributed by atoms with Gasteiger partial charge in [0.2, 0.25) is 11.0 Å². The van der Waals surface area contributed by atoms with E-state index in [9.17, 15) is 0 Å². The van der Waals surface area contributed by atoms with Gasteiger partial charge in [0, 0.05) is 17.0 Å². The Kier molecular flexibility index (Phi) is 4.76. The van der Waals surface area contributed by atoms with Gasteiger partial charge in [0.1, 0.15) is 0 Å². The molecule has 0 bridgehead atoms. The van der Waals surface area contributed by atoms with Crippen LogP contribution in [0.25, 0.3) is 21.8 Å². The van der Waals surface area contributed by atoms with Crippen LogP contribution in [0.1, 0.15) is 32.6 Å². The van der Waals surface area contributed by atoms with Crippen molar-refractivity contribution in [2.24, 2.45) is 0 Å². The lowest BCUT2D eigenvalue weighted by Gasteiger charge is -2.07. The van der Waals surface area contributed by atoms with E-state index in [1.165, 1.54) is 58.1 Å². The van der Waals surface area contributed by atoms with Crippen LogP contribution in [0, 0.1) is 0 Å². The number of fused-ring (bicyclic) bond motifs is 2. The lowest BCUT2D eigenvalue weighted by molar-refractivity contribution is -0.310. The van der Waals surface area contributed by atoms with Crippen LogP contribution < -0.4 is 4.98 Å². The summed E-state index contributed by atoms with van der Waals surface area (Å²) < 4.78 is 0. The van der Waals surface area contributed by atoms with Crippen LogP contribution in [-0.4, -0.2) is 5.75 Å². The van der Waals surface area contributed by atoms with Gasteiger partial charge in [0.25, 0.3) is 0 Å². The Labute approximate surface area is 130 Å². The minimum atomic E-state index is 1.21. The Morgan fingerprint density at radius 1 is 0.810 bits per heavy atom. The van der Waals surface area contributed by atoms with E-state index in [1.54, 1.807) is 0 Å². The number of aromatic amines is 1. The normalized spacial score (nSPS) is 11.3. The average molecular weight is 296 g/mol. The summed E-state index contributed by atoms with van der Waals surface area (Å²) in [5.74, 6) is 1.21. The van der Waals surface area contributed by atoms with E-state index in [4.69, 9.17) is 0 Å². The molecule has 0 saturated carbocycles. The van der Waals surface area contributed by atoms with Crippen molar-refractivity contribution < 1.29 is 4.98 Å². The second-order valence-corrected chi connectivity index (χ2v) is 6.56. The lowest BCUT2D eigenvalue weighted by Crippen LogP contribution is -2.06. The maximum atomic E-state index is 3.55. The summed E-state index contributed by atoms with van der Waals surface area (Å²) in [4.78, 5) is 4.97. The summed E-state index contributed by atoms with van der Waals surface area (Å²) in [5, 5.41) is 2.69. The van der Waals surface area contributed by atoms with E-state index < -0.39 is 0 Å². The minimum Gasteiger partial charge on any atom is -0.204 e. The van der Waals surface area contributed by atoms with Crippen LogP contribution in [0.5, 0.6) is 0 Å². The third-order valence-electron chi connectivity index (χ3n) is 3.86. The number of hydrogen-bond donors (Lipinski definition) is 0. The fourth-order valence-corrected chi connectivity index (χ4v) is 3.95. The van der Waals surface area contributed by atoms with E-state index in [1.807, 2.05) is 11.8 Å². The molecule has 0 saturated heterocycles. The smallest absolute Gasteiger partial charge is 0.204 e. The number of thioether (sulfide) groups is 1.